The second-order valence-electron chi connectivity index (χ2n) is 19.4. The first kappa shape index (κ1) is 61.7. The topological polar surface area (TPSA) is 364 Å². The number of ether oxygens (including phenoxy) is 1. The average Bonchev–Trinajstić information content (AvgIpc) is 3.19. The highest BCUT2D eigenvalue weighted by atomic mass is 31.2. The maximum Gasteiger partial charge on any atom is 0.469 e. The molecule has 0 aromatic carbocycles. The van der Waals surface area contributed by atoms with Gasteiger partial charge in [-0.25, -0.2) is 4.57 Å². The first-order valence-corrected chi connectivity index (χ1v) is 24.7. The first-order chi connectivity index (χ1) is 30.9. The van der Waals surface area contributed by atoms with Crippen molar-refractivity contribution in [3.63, 3.8) is 0 Å². The van der Waals surface area contributed by atoms with Crippen LogP contribution in [-0.4, -0.2) is 164 Å². The molecule has 14 N–H and O–H groups in total. The Bertz CT molecular complexity index is 1620. The number of carbonyl (C=O) groups is 6. The Balaban J connectivity index is 2.81. The van der Waals surface area contributed by atoms with Crippen LogP contribution in [0.1, 0.15) is 115 Å². The lowest BCUT2D eigenvalue weighted by Crippen LogP contribution is -2.62. The van der Waals surface area contributed by atoms with Gasteiger partial charge in [-0.05, 0) is 62.3 Å². The van der Waals surface area contributed by atoms with Gasteiger partial charge >= 0.3 is 7.82 Å². The SMILES string of the molecule is CC(C)CC(=O)N[C@H](C(=O)N[C@H](C(=O)N[C@@H](CC(C)C)C(O)CC(=O)N[C@@H](C)C(=O)N[C@@H](CC(C)C)C(O)CC(=O)NCCCN[C@H]1O[C@H](COP(=O)(O)O)[C@@H](O)[C@H](O)[C@@H]1O)C(C)C)C(C)C. The van der Waals surface area contributed by atoms with E-state index in [4.69, 9.17) is 14.5 Å². The van der Waals surface area contributed by atoms with Gasteiger partial charge < -0.3 is 72.0 Å². The highest BCUT2D eigenvalue weighted by Crippen LogP contribution is 2.37. The lowest BCUT2D eigenvalue weighted by Gasteiger charge is -2.40. The van der Waals surface area contributed by atoms with E-state index < -0.39 is 130 Å². The molecule has 6 amide bonds. The van der Waals surface area contributed by atoms with Crippen LogP contribution in [0.25, 0.3) is 0 Å². The van der Waals surface area contributed by atoms with Crippen molar-refractivity contribution >= 4 is 43.3 Å². The average molecular weight is 984 g/mol. The number of nitrogens with one attached hydrogen (secondary N) is 7. The molecule has 1 aliphatic rings. The number of amides is 6. The molecule has 390 valence electrons. The molecule has 0 bridgehead atoms. The van der Waals surface area contributed by atoms with Crippen LogP contribution in [0, 0.1) is 29.6 Å². The van der Waals surface area contributed by atoms with Gasteiger partial charge in [-0.3, -0.25) is 38.6 Å². The predicted octanol–water partition coefficient (Wildman–Crippen LogP) is -1.60. The third-order valence-electron chi connectivity index (χ3n) is 10.8. The van der Waals surface area contributed by atoms with E-state index in [1.807, 2.05) is 41.5 Å². The highest BCUT2D eigenvalue weighted by Gasteiger charge is 2.44. The third kappa shape index (κ3) is 23.7. The second-order valence-corrected chi connectivity index (χ2v) is 20.7. The number of hydrogen-bond acceptors (Lipinski definition) is 15. The van der Waals surface area contributed by atoms with Gasteiger partial charge in [0.1, 0.15) is 48.8 Å². The van der Waals surface area contributed by atoms with Gasteiger partial charge in [0, 0.05) is 13.0 Å². The Kier molecular flexibility index (Phi) is 27.3. The number of aliphatic hydroxyl groups is 5. The van der Waals surface area contributed by atoms with Crippen LogP contribution in [0.3, 0.4) is 0 Å². The summed E-state index contributed by atoms with van der Waals surface area (Å²) < 4.78 is 20.8. The van der Waals surface area contributed by atoms with E-state index in [2.05, 4.69) is 41.7 Å². The van der Waals surface area contributed by atoms with Crippen molar-refractivity contribution in [2.75, 3.05) is 19.7 Å². The van der Waals surface area contributed by atoms with Crippen molar-refractivity contribution in [1.29, 1.82) is 0 Å². The summed E-state index contributed by atoms with van der Waals surface area (Å²) in [5.41, 5.74) is 0. The minimum Gasteiger partial charge on any atom is -0.390 e. The molecular formula is C43H82N7O16P. The zero-order valence-corrected chi connectivity index (χ0v) is 41.8. The Morgan fingerprint density at radius 3 is 1.55 bits per heavy atom. The number of phosphoric acid groups is 1. The molecular weight excluding hydrogens is 901 g/mol. The van der Waals surface area contributed by atoms with Gasteiger partial charge in [0.2, 0.25) is 35.4 Å². The summed E-state index contributed by atoms with van der Waals surface area (Å²) in [6.45, 7) is 19.1. The molecule has 0 aromatic rings. The van der Waals surface area contributed by atoms with Crippen LogP contribution in [-0.2, 0) is 42.6 Å². The van der Waals surface area contributed by atoms with Gasteiger partial charge in [0.25, 0.3) is 0 Å². The number of rotatable bonds is 30. The summed E-state index contributed by atoms with van der Waals surface area (Å²) in [7, 11) is -4.90. The molecule has 0 aromatic heterocycles. The highest BCUT2D eigenvalue weighted by molar-refractivity contribution is 7.46. The fourth-order valence-corrected chi connectivity index (χ4v) is 7.57. The Hall–Kier alpha value is -3.35. The van der Waals surface area contributed by atoms with Crippen molar-refractivity contribution in [3.8, 4) is 0 Å². The van der Waals surface area contributed by atoms with Crippen molar-refractivity contribution in [2.24, 2.45) is 29.6 Å². The molecule has 0 saturated carbocycles. The van der Waals surface area contributed by atoms with E-state index in [-0.39, 0.29) is 74.3 Å². The largest absolute Gasteiger partial charge is 0.469 e. The summed E-state index contributed by atoms with van der Waals surface area (Å²) in [5, 5.41) is 71.8. The molecule has 1 aliphatic heterocycles. The molecule has 0 radical (unpaired) electrons. The molecule has 23 nitrogen and oxygen atoms in total. The van der Waals surface area contributed by atoms with Crippen LogP contribution >= 0.6 is 7.82 Å². The number of carbonyl (C=O) groups excluding carboxylic acids is 6. The zero-order valence-electron chi connectivity index (χ0n) is 40.9. The van der Waals surface area contributed by atoms with Gasteiger partial charge in [-0.2, -0.15) is 0 Å². The van der Waals surface area contributed by atoms with E-state index in [9.17, 15) is 58.9 Å². The van der Waals surface area contributed by atoms with E-state index in [0.717, 1.165) is 0 Å². The van der Waals surface area contributed by atoms with Gasteiger partial charge in [-0.1, -0.05) is 69.2 Å². The van der Waals surface area contributed by atoms with Crippen molar-refractivity contribution in [1.82, 2.24) is 37.2 Å². The zero-order chi connectivity index (χ0) is 51.5. The molecule has 1 fully saturated rings. The monoisotopic (exact) mass is 984 g/mol. The fourth-order valence-electron chi connectivity index (χ4n) is 7.23. The van der Waals surface area contributed by atoms with Crippen molar-refractivity contribution < 1.29 is 77.9 Å². The van der Waals surface area contributed by atoms with Crippen LogP contribution in [0.15, 0.2) is 0 Å². The molecule has 1 rings (SSSR count). The molecule has 2 unspecified atom stereocenters. The lowest BCUT2D eigenvalue weighted by atomic mass is 9.95. The van der Waals surface area contributed by atoms with E-state index >= 15 is 0 Å². The maximum atomic E-state index is 13.7. The second kappa shape index (κ2) is 29.6. The molecule has 1 saturated heterocycles. The van der Waals surface area contributed by atoms with Gasteiger partial charge in [0.05, 0.1) is 43.7 Å². The fraction of sp³-hybridized carbons (Fsp3) is 0.860. The minimum absolute atomic E-state index is 0.0296. The standard InChI is InChI=1S/C43H82N7O16P/c1-21(2)15-27(29(51)18-32(53)44-13-12-14-45-43-39(58)38(57)37(56)31(66-43)20-65-67(62,63)64)47-40(59)26(11)46-34(55)19-30(52)28(16-22(3)4)48-41(60)36(25(9)10)50-42(61)35(24(7)8)49-33(54)17-23(5)6/h21-31,35-39,43,45,51-52,56-58H,12-20H2,1-11H3,(H,44,53)(H,46,55)(H,47,59)(H,48,60)(H,49,54)(H,50,61)(H2,62,63,64)/t26-,27-,28-,29?,30?,31+,35-,36-,37+,38-,39-,43-/m0/s1. The number of hydrogen-bond donors (Lipinski definition) is 14. The molecule has 0 aliphatic carbocycles. The predicted molar refractivity (Wildman–Crippen MR) is 245 cm³/mol. The van der Waals surface area contributed by atoms with Crippen LogP contribution in [0.4, 0.5) is 0 Å². The number of phosphoric ester groups is 1. The molecule has 24 heteroatoms. The molecule has 1 heterocycles. The van der Waals surface area contributed by atoms with E-state index in [0.29, 0.717) is 0 Å². The van der Waals surface area contributed by atoms with E-state index in [1.54, 1.807) is 27.7 Å². The lowest BCUT2D eigenvalue weighted by molar-refractivity contribution is -0.235. The summed E-state index contributed by atoms with van der Waals surface area (Å²) in [6, 6.07) is -4.87. The Labute approximate surface area is 394 Å². The minimum atomic E-state index is -4.90. The van der Waals surface area contributed by atoms with Crippen LogP contribution < -0.4 is 37.2 Å². The first-order valence-electron chi connectivity index (χ1n) is 23.2. The van der Waals surface area contributed by atoms with E-state index in [1.165, 1.54) is 6.92 Å². The summed E-state index contributed by atoms with van der Waals surface area (Å²) in [6.07, 6.45) is -10.2. The van der Waals surface area contributed by atoms with Gasteiger partial charge in [0.15, 0.2) is 0 Å². The number of aliphatic hydroxyl groups excluding tert-OH is 5. The molecule has 12 atom stereocenters. The van der Waals surface area contributed by atoms with Crippen molar-refractivity contribution in [3.05, 3.63) is 0 Å². The Morgan fingerprint density at radius 1 is 0.582 bits per heavy atom. The summed E-state index contributed by atoms with van der Waals surface area (Å²) in [4.78, 5) is 96.7. The van der Waals surface area contributed by atoms with Crippen LogP contribution in [0.5, 0.6) is 0 Å². The molecule has 0 spiro atoms. The molecule has 67 heavy (non-hydrogen) atoms. The maximum absolute atomic E-state index is 13.7. The van der Waals surface area contributed by atoms with Crippen LogP contribution in [0.2, 0.25) is 0 Å². The summed E-state index contributed by atoms with van der Waals surface area (Å²) >= 11 is 0. The normalized spacial score (nSPS) is 22.1. The smallest absolute Gasteiger partial charge is 0.390 e. The Morgan fingerprint density at radius 2 is 1.06 bits per heavy atom. The quantitative estimate of drug-likeness (QED) is 0.0285. The summed E-state index contributed by atoms with van der Waals surface area (Å²) in [5.74, 6) is -3.97. The van der Waals surface area contributed by atoms with Gasteiger partial charge in [-0.15, -0.1) is 0 Å². The third-order valence-corrected chi connectivity index (χ3v) is 11.3. The van der Waals surface area contributed by atoms with Crippen molar-refractivity contribution in [2.45, 2.75) is 188 Å².